The molecule has 7 heteroatoms. The number of rotatable bonds is 6. The Balaban J connectivity index is 1.49. The van der Waals surface area contributed by atoms with Crippen molar-refractivity contribution in [2.75, 3.05) is 19.2 Å². The predicted molar refractivity (Wildman–Crippen MR) is 102 cm³/mol. The number of methoxy groups -OCH3 is 1. The summed E-state index contributed by atoms with van der Waals surface area (Å²) in [5.74, 6) is 2.02. The molecule has 142 valence electrons. The first-order valence-corrected chi connectivity index (χ1v) is 8.63. The van der Waals surface area contributed by atoms with Crippen molar-refractivity contribution in [3.63, 3.8) is 0 Å². The van der Waals surface area contributed by atoms with Gasteiger partial charge in [0.1, 0.15) is 6.61 Å². The maximum atomic E-state index is 12.6. The van der Waals surface area contributed by atoms with Crippen LogP contribution in [0.5, 0.6) is 23.0 Å². The van der Waals surface area contributed by atoms with Crippen molar-refractivity contribution in [1.29, 1.82) is 0 Å². The van der Waals surface area contributed by atoms with Gasteiger partial charge in [0.25, 0.3) is 5.91 Å². The second-order valence-corrected chi connectivity index (χ2v) is 6.04. The lowest BCUT2D eigenvalue weighted by Gasteiger charge is -2.13. The topological polar surface area (TPSA) is 78.9 Å². The molecule has 0 saturated heterocycles. The number of hydrogen-bond acceptors (Lipinski definition) is 6. The predicted octanol–water partition coefficient (Wildman–Crippen LogP) is 3.65. The monoisotopic (exact) mass is 378 g/mol. The summed E-state index contributed by atoms with van der Waals surface area (Å²) in [6.45, 7) is 0.500. The van der Waals surface area contributed by atoms with Gasteiger partial charge in [0.15, 0.2) is 23.0 Å². The van der Waals surface area contributed by atoms with E-state index in [1.807, 2.05) is 12.1 Å². The third kappa shape index (κ3) is 3.83. The van der Waals surface area contributed by atoms with Crippen molar-refractivity contribution in [3.8, 4) is 23.0 Å². The van der Waals surface area contributed by atoms with Crippen LogP contribution in [0.3, 0.4) is 0 Å². The first-order chi connectivity index (χ1) is 13.7. The molecule has 0 fully saturated rings. The summed E-state index contributed by atoms with van der Waals surface area (Å²) >= 11 is 0. The molecule has 0 bridgehead atoms. The van der Waals surface area contributed by atoms with E-state index in [4.69, 9.17) is 18.9 Å². The van der Waals surface area contributed by atoms with Crippen molar-refractivity contribution >= 4 is 11.6 Å². The Hall–Kier alpha value is -3.74. The van der Waals surface area contributed by atoms with Crippen LogP contribution in [0.4, 0.5) is 5.69 Å². The van der Waals surface area contributed by atoms with E-state index in [0.717, 1.165) is 5.56 Å². The summed E-state index contributed by atoms with van der Waals surface area (Å²) in [4.78, 5) is 16.6. The van der Waals surface area contributed by atoms with Gasteiger partial charge in [-0.15, -0.1) is 0 Å². The highest BCUT2D eigenvalue weighted by molar-refractivity contribution is 6.04. The Bertz CT molecular complexity index is 991. The molecule has 4 rings (SSSR count). The molecular weight excluding hydrogens is 360 g/mol. The van der Waals surface area contributed by atoms with E-state index in [1.165, 1.54) is 0 Å². The number of carbonyl (C=O) groups excluding carboxylic acids is 1. The molecule has 0 saturated carbocycles. The van der Waals surface area contributed by atoms with Crippen LogP contribution >= 0.6 is 0 Å². The molecule has 1 aliphatic heterocycles. The number of pyridine rings is 1. The zero-order valence-electron chi connectivity index (χ0n) is 15.2. The number of aromatic nitrogens is 1. The lowest BCUT2D eigenvalue weighted by molar-refractivity contribution is 0.102. The summed E-state index contributed by atoms with van der Waals surface area (Å²) in [5, 5.41) is 2.86. The number of fused-ring (bicyclic) bond motifs is 1. The molecule has 0 atom stereocenters. The molecule has 0 spiro atoms. The Labute approximate surface area is 161 Å². The van der Waals surface area contributed by atoms with Gasteiger partial charge in [-0.1, -0.05) is 6.07 Å². The number of anilines is 1. The van der Waals surface area contributed by atoms with E-state index in [9.17, 15) is 4.79 Å². The molecular formula is C21H18N2O5. The molecule has 0 radical (unpaired) electrons. The van der Waals surface area contributed by atoms with Gasteiger partial charge in [-0.25, -0.2) is 0 Å². The summed E-state index contributed by atoms with van der Waals surface area (Å²) in [6.07, 6.45) is 3.44. The van der Waals surface area contributed by atoms with E-state index in [0.29, 0.717) is 40.9 Å². The normalized spacial score (nSPS) is 11.8. The lowest BCUT2D eigenvalue weighted by atomic mass is 10.2. The van der Waals surface area contributed by atoms with Crippen LogP contribution in [0.25, 0.3) is 0 Å². The minimum Gasteiger partial charge on any atom is -0.493 e. The zero-order chi connectivity index (χ0) is 19.3. The quantitative estimate of drug-likeness (QED) is 0.705. The highest BCUT2D eigenvalue weighted by Crippen LogP contribution is 2.34. The van der Waals surface area contributed by atoms with E-state index in [-0.39, 0.29) is 12.7 Å². The summed E-state index contributed by atoms with van der Waals surface area (Å²) in [5.41, 5.74) is 1.99. The molecule has 1 aliphatic rings. The van der Waals surface area contributed by atoms with Crippen LogP contribution in [0.1, 0.15) is 15.9 Å². The molecule has 1 aromatic heterocycles. The Morgan fingerprint density at radius 3 is 2.82 bits per heavy atom. The van der Waals surface area contributed by atoms with Gasteiger partial charge >= 0.3 is 0 Å². The van der Waals surface area contributed by atoms with Crippen molar-refractivity contribution in [1.82, 2.24) is 4.98 Å². The molecule has 3 aromatic rings. The van der Waals surface area contributed by atoms with Crippen molar-refractivity contribution in [3.05, 3.63) is 72.1 Å². The van der Waals surface area contributed by atoms with E-state index in [1.54, 1.807) is 55.9 Å². The van der Waals surface area contributed by atoms with Gasteiger partial charge in [-0.05, 0) is 36.4 Å². The SMILES string of the molecule is COc1ccc(NC(=O)c2ccc3c(c2)OCO3)cc1OCc1cccnc1. The zero-order valence-corrected chi connectivity index (χ0v) is 15.2. The first kappa shape index (κ1) is 17.7. The van der Waals surface area contributed by atoms with Gasteiger partial charge in [-0.3, -0.25) is 9.78 Å². The molecule has 0 unspecified atom stereocenters. The van der Waals surface area contributed by atoms with Crippen LogP contribution in [0, 0.1) is 0 Å². The molecule has 2 heterocycles. The molecule has 2 aromatic carbocycles. The van der Waals surface area contributed by atoms with E-state index in [2.05, 4.69) is 10.3 Å². The second kappa shape index (κ2) is 7.87. The second-order valence-electron chi connectivity index (χ2n) is 6.04. The smallest absolute Gasteiger partial charge is 0.255 e. The van der Waals surface area contributed by atoms with Gasteiger partial charge < -0.3 is 24.3 Å². The van der Waals surface area contributed by atoms with E-state index < -0.39 is 0 Å². The first-order valence-electron chi connectivity index (χ1n) is 8.63. The number of nitrogens with zero attached hydrogens (tertiary/aromatic N) is 1. The molecule has 1 N–H and O–H groups in total. The maximum absolute atomic E-state index is 12.6. The van der Waals surface area contributed by atoms with Crippen LogP contribution in [0.2, 0.25) is 0 Å². The van der Waals surface area contributed by atoms with Gasteiger partial charge in [0.2, 0.25) is 6.79 Å². The Morgan fingerprint density at radius 1 is 1.11 bits per heavy atom. The summed E-state index contributed by atoms with van der Waals surface area (Å²) in [7, 11) is 1.57. The summed E-state index contributed by atoms with van der Waals surface area (Å²) in [6, 6.07) is 14.0. The largest absolute Gasteiger partial charge is 0.493 e. The number of amides is 1. The van der Waals surface area contributed by atoms with Crippen LogP contribution in [0.15, 0.2) is 60.9 Å². The molecule has 1 amide bonds. The fourth-order valence-electron chi connectivity index (χ4n) is 2.75. The Morgan fingerprint density at radius 2 is 2.00 bits per heavy atom. The van der Waals surface area contributed by atoms with Gasteiger partial charge in [0.05, 0.1) is 7.11 Å². The molecule has 0 aliphatic carbocycles. The van der Waals surface area contributed by atoms with Gasteiger partial charge in [0, 0.05) is 35.3 Å². The van der Waals surface area contributed by atoms with E-state index >= 15 is 0 Å². The number of benzene rings is 2. The summed E-state index contributed by atoms with van der Waals surface area (Å²) < 4.78 is 21.8. The Kier molecular flexibility index (Phi) is 4.97. The number of ether oxygens (including phenoxy) is 4. The minimum absolute atomic E-state index is 0.163. The number of carbonyl (C=O) groups is 1. The third-order valence-electron chi connectivity index (χ3n) is 4.17. The van der Waals surface area contributed by atoms with Crippen molar-refractivity contribution < 1.29 is 23.7 Å². The highest BCUT2D eigenvalue weighted by atomic mass is 16.7. The fourth-order valence-corrected chi connectivity index (χ4v) is 2.75. The standard InChI is InChI=1S/C21H18N2O5/c1-25-17-7-5-16(10-20(17)26-12-14-3-2-8-22-11-14)23-21(24)15-4-6-18-19(9-15)28-13-27-18/h2-11H,12-13H2,1H3,(H,23,24). The van der Waals surface area contributed by atoms with Crippen LogP contribution < -0.4 is 24.3 Å². The number of hydrogen-bond donors (Lipinski definition) is 1. The fraction of sp³-hybridized carbons (Fsp3) is 0.143. The number of nitrogens with one attached hydrogen (secondary N) is 1. The van der Waals surface area contributed by atoms with Crippen molar-refractivity contribution in [2.24, 2.45) is 0 Å². The van der Waals surface area contributed by atoms with Crippen LogP contribution in [-0.2, 0) is 6.61 Å². The molecule has 7 nitrogen and oxygen atoms in total. The molecule has 28 heavy (non-hydrogen) atoms. The van der Waals surface area contributed by atoms with Crippen LogP contribution in [-0.4, -0.2) is 24.8 Å². The average Bonchev–Trinajstić information content (AvgIpc) is 3.21. The highest BCUT2D eigenvalue weighted by Gasteiger charge is 2.17. The minimum atomic E-state index is -0.262. The lowest BCUT2D eigenvalue weighted by Crippen LogP contribution is -2.12. The maximum Gasteiger partial charge on any atom is 0.255 e. The third-order valence-corrected chi connectivity index (χ3v) is 4.17. The van der Waals surface area contributed by atoms with Gasteiger partial charge in [-0.2, -0.15) is 0 Å². The average molecular weight is 378 g/mol. The van der Waals surface area contributed by atoms with Crippen molar-refractivity contribution in [2.45, 2.75) is 6.61 Å².